The van der Waals surface area contributed by atoms with Crippen molar-refractivity contribution in [1.29, 1.82) is 0 Å². The lowest BCUT2D eigenvalue weighted by Gasteiger charge is -2.07. The summed E-state index contributed by atoms with van der Waals surface area (Å²) in [7, 11) is 0. The fourth-order valence-electron chi connectivity index (χ4n) is 2.69. The van der Waals surface area contributed by atoms with E-state index in [0.717, 1.165) is 17.8 Å². The Labute approximate surface area is 122 Å². The molecule has 21 heavy (non-hydrogen) atoms. The van der Waals surface area contributed by atoms with E-state index in [0.29, 0.717) is 5.78 Å². The molecule has 0 bridgehead atoms. The highest BCUT2D eigenvalue weighted by atomic mass is 15.3. The predicted octanol–water partition coefficient (Wildman–Crippen LogP) is 3.18. The van der Waals surface area contributed by atoms with Gasteiger partial charge in [0.05, 0.1) is 5.69 Å². The fraction of sp³-hybridized carbons (Fsp3) is 0.118. The van der Waals surface area contributed by atoms with Crippen LogP contribution in [-0.2, 0) is 6.42 Å². The second-order valence-corrected chi connectivity index (χ2v) is 5.22. The smallest absolute Gasteiger partial charge is 0.216 e. The molecule has 0 unspecified atom stereocenters. The van der Waals surface area contributed by atoms with Gasteiger partial charge in [-0.15, -0.1) is 0 Å². The summed E-state index contributed by atoms with van der Waals surface area (Å²) < 4.78 is 1.81. The van der Waals surface area contributed by atoms with Crippen molar-refractivity contribution in [3.05, 3.63) is 71.8 Å². The highest BCUT2D eigenvalue weighted by molar-refractivity contribution is 5.83. The van der Waals surface area contributed by atoms with Crippen LogP contribution in [0.3, 0.4) is 0 Å². The molecule has 0 saturated heterocycles. The molecule has 0 aliphatic rings. The Kier molecular flexibility index (Phi) is 2.67. The summed E-state index contributed by atoms with van der Waals surface area (Å²) in [5.74, 6) is 0.658. The third kappa shape index (κ3) is 2.14. The monoisotopic (exact) mass is 274 g/mol. The Hall–Kier alpha value is -2.75. The Bertz CT molecular complexity index is 940. The van der Waals surface area contributed by atoms with Crippen molar-refractivity contribution < 1.29 is 0 Å². The maximum atomic E-state index is 4.38. The molecule has 4 rings (SSSR count). The first-order chi connectivity index (χ1) is 10.3. The summed E-state index contributed by atoms with van der Waals surface area (Å²) in [5.41, 5.74) is 3.33. The van der Waals surface area contributed by atoms with Crippen LogP contribution in [0.5, 0.6) is 0 Å². The van der Waals surface area contributed by atoms with E-state index in [-0.39, 0.29) is 0 Å². The van der Waals surface area contributed by atoms with Crippen molar-refractivity contribution in [3.63, 3.8) is 0 Å². The van der Waals surface area contributed by atoms with E-state index >= 15 is 0 Å². The normalized spacial score (nSPS) is 11.3. The molecule has 0 atom stereocenters. The minimum atomic E-state index is 0.658. The number of fused-ring (bicyclic) bond motifs is 2. The molecule has 4 heteroatoms. The summed E-state index contributed by atoms with van der Waals surface area (Å²) in [5, 5.41) is 6.78. The van der Waals surface area contributed by atoms with Gasteiger partial charge in [0.15, 0.2) is 0 Å². The molecule has 102 valence electrons. The molecule has 0 fully saturated rings. The third-order valence-electron chi connectivity index (χ3n) is 3.65. The first-order valence-corrected chi connectivity index (χ1v) is 6.93. The second-order valence-electron chi connectivity index (χ2n) is 5.22. The van der Waals surface area contributed by atoms with Crippen LogP contribution in [0.2, 0.25) is 0 Å². The van der Waals surface area contributed by atoms with Gasteiger partial charge in [-0.05, 0) is 29.3 Å². The van der Waals surface area contributed by atoms with Crippen LogP contribution in [0.1, 0.15) is 17.0 Å². The SMILES string of the molecule is Cc1cc(Cc2ccc3ccccc3c2)n2ncnc2n1. The summed E-state index contributed by atoms with van der Waals surface area (Å²) in [4.78, 5) is 8.55. The second kappa shape index (κ2) is 4.66. The Morgan fingerprint density at radius 3 is 2.76 bits per heavy atom. The first-order valence-electron chi connectivity index (χ1n) is 6.93. The van der Waals surface area contributed by atoms with Crippen LogP contribution >= 0.6 is 0 Å². The van der Waals surface area contributed by atoms with Gasteiger partial charge in [-0.3, -0.25) is 0 Å². The van der Waals surface area contributed by atoms with Crippen molar-refractivity contribution >= 4 is 16.6 Å². The van der Waals surface area contributed by atoms with Gasteiger partial charge >= 0.3 is 0 Å². The topological polar surface area (TPSA) is 43.1 Å². The summed E-state index contributed by atoms with van der Waals surface area (Å²) in [6.07, 6.45) is 2.36. The molecular formula is C17H14N4. The third-order valence-corrected chi connectivity index (χ3v) is 3.65. The van der Waals surface area contributed by atoms with Crippen molar-refractivity contribution in [2.24, 2.45) is 0 Å². The first kappa shape index (κ1) is 12.0. The highest BCUT2D eigenvalue weighted by Gasteiger charge is 2.07. The Balaban J connectivity index is 1.80. The lowest BCUT2D eigenvalue weighted by Crippen LogP contribution is -2.03. The largest absolute Gasteiger partial charge is 0.252 e. The molecule has 2 heterocycles. The number of aryl methyl sites for hydroxylation is 1. The maximum Gasteiger partial charge on any atom is 0.252 e. The minimum Gasteiger partial charge on any atom is -0.216 e. The number of benzene rings is 2. The van der Waals surface area contributed by atoms with Gasteiger partial charge in [0.1, 0.15) is 6.33 Å². The van der Waals surface area contributed by atoms with E-state index in [4.69, 9.17) is 0 Å². The molecular weight excluding hydrogens is 260 g/mol. The lowest BCUT2D eigenvalue weighted by molar-refractivity contribution is 0.854. The average molecular weight is 274 g/mol. The Morgan fingerprint density at radius 2 is 1.86 bits per heavy atom. The van der Waals surface area contributed by atoms with E-state index in [1.54, 1.807) is 6.33 Å². The average Bonchev–Trinajstić information content (AvgIpc) is 2.95. The highest BCUT2D eigenvalue weighted by Crippen LogP contribution is 2.18. The van der Waals surface area contributed by atoms with E-state index in [2.05, 4.69) is 63.6 Å². The molecule has 0 aliphatic carbocycles. The number of nitrogens with zero attached hydrogens (tertiary/aromatic N) is 4. The molecule has 0 N–H and O–H groups in total. The van der Waals surface area contributed by atoms with Crippen LogP contribution in [0.15, 0.2) is 54.9 Å². The molecule has 2 aromatic heterocycles. The summed E-state index contributed by atoms with van der Waals surface area (Å²) in [6, 6.07) is 17.0. The molecule has 0 saturated carbocycles. The quantitative estimate of drug-likeness (QED) is 0.564. The molecule has 4 aromatic rings. The standard InChI is InChI=1S/C17H14N4/c1-12-8-16(21-17(20-12)18-11-19-21)10-13-6-7-14-4-2-3-5-15(14)9-13/h2-9,11H,10H2,1H3. The van der Waals surface area contributed by atoms with Crippen molar-refractivity contribution in [2.45, 2.75) is 13.3 Å². The van der Waals surface area contributed by atoms with Crippen LogP contribution in [0, 0.1) is 6.92 Å². The molecule has 0 aliphatic heterocycles. The molecule has 0 radical (unpaired) electrons. The summed E-state index contributed by atoms with van der Waals surface area (Å²) in [6.45, 7) is 1.98. The number of aromatic nitrogens is 4. The van der Waals surface area contributed by atoms with Gasteiger partial charge in [0.2, 0.25) is 0 Å². The van der Waals surface area contributed by atoms with Gasteiger partial charge in [-0.2, -0.15) is 10.1 Å². The minimum absolute atomic E-state index is 0.658. The van der Waals surface area contributed by atoms with E-state index in [9.17, 15) is 0 Å². The molecule has 2 aromatic carbocycles. The maximum absolute atomic E-state index is 4.38. The van der Waals surface area contributed by atoms with E-state index in [1.807, 2.05) is 11.4 Å². The van der Waals surface area contributed by atoms with Crippen molar-refractivity contribution in [1.82, 2.24) is 19.6 Å². The Morgan fingerprint density at radius 1 is 1.00 bits per heavy atom. The van der Waals surface area contributed by atoms with Crippen molar-refractivity contribution in [3.8, 4) is 0 Å². The van der Waals surface area contributed by atoms with Crippen LogP contribution in [0.25, 0.3) is 16.6 Å². The fourth-order valence-corrected chi connectivity index (χ4v) is 2.69. The zero-order valence-electron chi connectivity index (χ0n) is 11.7. The van der Waals surface area contributed by atoms with Gasteiger partial charge in [0.25, 0.3) is 5.78 Å². The lowest BCUT2D eigenvalue weighted by atomic mass is 10.0. The van der Waals surface area contributed by atoms with E-state index < -0.39 is 0 Å². The zero-order chi connectivity index (χ0) is 14.2. The number of hydrogen-bond donors (Lipinski definition) is 0. The van der Waals surface area contributed by atoms with Crippen LogP contribution in [-0.4, -0.2) is 19.6 Å². The van der Waals surface area contributed by atoms with Gasteiger partial charge in [-0.1, -0.05) is 42.5 Å². The summed E-state index contributed by atoms with van der Waals surface area (Å²) >= 11 is 0. The van der Waals surface area contributed by atoms with Crippen LogP contribution < -0.4 is 0 Å². The van der Waals surface area contributed by atoms with Crippen molar-refractivity contribution in [2.75, 3.05) is 0 Å². The number of rotatable bonds is 2. The van der Waals surface area contributed by atoms with E-state index in [1.165, 1.54) is 16.3 Å². The predicted molar refractivity (Wildman–Crippen MR) is 82.3 cm³/mol. The van der Waals surface area contributed by atoms with Gasteiger partial charge < -0.3 is 0 Å². The molecule has 0 amide bonds. The molecule has 0 spiro atoms. The number of hydrogen-bond acceptors (Lipinski definition) is 3. The zero-order valence-corrected chi connectivity index (χ0v) is 11.7. The van der Waals surface area contributed by atoms with Crippen LogP contribution in [0.4, 0.5) is 0 Å². The van der Waals surface area contributed by atoms with Gasteiger partial charge in [-0.25, -0.2) is 9.50 Å². The molecule has 4 nitrogen and oxygen atoms in total. The van der Waals surface area contributed by atoms with Gasteiger partial charge in [0, 0.05) is 12.1 Å².